The summed E-state index contributed by atoms with van der Waals surface area (Å²) in [6, 6.07) is 33.5. The summed E-state index contributed by atoms with van der Waals surface area (Å²) in [6.07, 6.45) is 5.35. The molecule has 0 atom stereocenters. The van der Waals surface area contributed by atoms with Crippen molar-refractivity contribution >= 4 is 23.9 Å². The number of nitriles is 2. The summed E-state index contributed by atoms with van der Waals surface area (Å²) in [7, 11) is 0. The van der Waals surface area contributed by atoms with Crippen LogP contribution in [0.4, 0.5) is 11.6 Å². The zero-order valence-corrected chi connectivity index (χ0v) is 34.1. The molecule has 2 aromatic heterocycles. The minimum absolute atomic E-state index is 0.231. The molecule has 2 aliphatic heterocycles. The molecule has 0 spiro atoms. The Labute approximate surface area is 345 Å². The maximum absolute atomic E-state index is 11.0. The molecule has 0 amide bonds. The van der Waals surface area contributed by atoms with Crippen LogP contribution < -0.4 is 9.80 Å². The number of anilines is 2. The van der Waals surface area contributed by atoms with Crippen molar-refractivity contribution in [2.24, 2.45) is 0 Å². The lowest BCUT2D eigenvalue weighted by atomic mass is 9.95. The van der Waals surface area contributed by atoms with Crippen LogP contribution in [0.15, 0.2) is 84.9 Å². The smallest absolute Gasteiger partial charge is 0.303 e. The largest absolute Gasteiger partial charge is 0.481 e. The average molecular weight is 785 g/mol. The van der Waals surface area contributed by atoms with Gasteiger partial charge in [0.1, 0.15) is 29.6 Å². The van der Waals surface area contributed by atoms with Gasteiger partial charge in [0.25, 0.3) is 0 Å². The maximum Gasteiger partial charge on any atom is 0.303 e. The van der Waals surface area contributed by atoms with E-state index in [2.05, 4.69) is 83.3 Å². The molecule has 6 aromatic rings. The Kier molecular flexibility index (Phi) is 12.0. The number of carbonyl (C=O) groups excluding carboxylic acids is 1. The molecule has 11 nitrogen and oxygen atoms in total. The van der Waals surface area contributed by atoms with Crippen molar-refractivity contribution in [3.63, 3.8) is 0 Å². The summed E-state index contributed by atoms with van der Waals surface area (Å²) in [6.45, 7) is 10.9. The third-order valence-corrected chi connectivity index (χ3v) is 11.2. The van der Waals surface area contributed by atoms with Crippen LogP contribution in [-0.2, 0) is 37.1 Å². The average Bonchev–Trinajstić information content (AvgIpc) is 3.77. The van der Waals surface area contributed by atoms with Crippen LogP contribution in [-0.4, -0.2) is 50.0 Å². The van der Waals surface area contributed by atoms with Gasteiger partial charge in [-0.1, -0.05) is 65.7 Å². The number of nitrogens with zero attached hydrogens (tertiary/aromatic N) is 8. The lowest BCUT2D eigenvalue weighted by Gasteiger charge is -2.31. The first kappa shape index (κ1) is 40.2. The van der Waals surface area contributed by atoms with Crippen LogP contribution in [0.3, 0.4) is 0 Å². The van der Waals surface area contributed by atoms with Gasteiger partial charge in [-0.2, -0.15) is 20.7 Å². The van der Waals surface area contributed by atoms with E-state index in [1.165, 1.54) is 38.9 Å². The maximum atomic E-state index is 11.0. The number of fused-ring (bicyclic) bond motifs is 2. The van der Waals surface area contributed by atoms with Crippen molar-refractivity contribution in [3.8, 4) is 23.5 Å². The normalized spacial score (nSPS) is 13.1. The number of aliphatic carboxylic acids is 1. The summed E-state index contributed by atoms with van der Waals surface area (Å²) in [5.41, 5.74) is 14.0. The Morgan fingerprint density at radius 3 is 1.64 bits per heavy atom. The fourth-order valence-electron chi connectivity index (χ4n) is 7.98. The number of carbonyl (C=O) groups is 2. The second-order valence-electron chi connectivity index (χ2n) is 15.5. The molecule has 1 N–H and O–H groups in total. The Morgan fingerprint density at radius 1 is 0.678 bits per heavy atom. The molecule has 0 fully saturated rings. The van der Waals surface area contributed by atoms with Gasteiger partial charge >= 0.3 is 5.97 Å². The first-order chi connectivity index (χ1) is 28.6. The lowest BCUT2D eigenvalue weighted by molar-refractivity contribution is -0.137. The van der Waals surface area contributed by atoms with Gasteiger partial charge in [0.2, 0.25) is 0 Å². The monoisotopic (exact) mass is 784 g/mol. The fraction of sp³-hybridized carbons (Fsp3) is 0.292. The van der Waals surface area contributed by atoms with Gasteiger partial charge in [-0.05, 0) is 118 Å². The minimum Gasteiger partial charge on any atom is -0.481 e. The number of carboxylic acid groups (broad SMARTS) is 1. The van der Waals surface area contributed by atoms with Gasteiger partial charge in [0.05, 0.1) is 22.8 Å². The standard InChI is InChI=1S/C26H28N4O2.C22H20N4O/c1-18-7-11-23(12-8-18)30-26(24(16-27)19(2)28-30)29-14-13-21-15-20(9-10-22(21)17-29)5-3-4-6-25(31)32;1-15-3-7-20(8-4-15)26-22(21(12-23)16(2)24-26)25-10-9-18-11-17(14-27)5-6-19(18)13-25/h7-12,15H,3-6,13-14,17H2,1-2H3,(H,31,32);3-8,11,14H,9-10,13H2,1-2H3. The van der Waals surface area contributed by atoms with E-state index in [0.717, 1.165) is 86.0 Å². The molecule has 0 radical (unpaired) electrons. The molecule has 2 aliphatic rings. The summed E-state index contributed by atoms with van der Waals surface area (Å²) < 4.78 is 3.77. The van der Waals surface area contributed by atoms with Gasteiger partial charge in [-0.3, -0.25) is 9.59 Å². The Balaban J connectivity index is 0.000000181. The molecule has 4 heterocycles. The summed E-state index contributed by atoms with van der Waals surface area (Å²) in [5.74, 6) is 0.966. The van der Waals surface area contributed by atoms with E-state index in [-0.39, 0.29) is 6.42 Å². The van der Waals surface area contributed by atoms with Crippen LogP contribution >= 0.6 is 0 Å². The highest BCUT2D eigenvalue weighted by molar-refractivity contribution is 5.75. The number of rotatable bonds is 10. The predicted octanol–water partition coefficient (Wildman–Crippen LogP) is 8.46. The van der Waals surface area contributed by atoms with Crippen molar-refractivity contribution in [2.75, 3.05) is 22.9 Å². The van der Waals surface area contributed by atoms with Gasteiger partial charge in [-0.15, -0.1) is 0 Å². The van der Waals surface area contributed by atoms with Crippen LogP contribution in [0.2, 0.25) is 0 Å². The summed E-state index contributed by atoms with van der Waals surface area (Å²) in [4.78, 5) is 26.2. The number of aryl methyl sites for hydroxylation is 5. The number of aldehydes is 1. The molecule has 0 bridgehead atoms. The molecule has 0 saturated carbocycles. The fourth-order valence-corrected chi connectivity index (χ4v) is 7.98. The molecule has 0 aliphatic carbocycles. The minimum atomic E-state index is -0.729. The van der Waals surface area contributed by atoms with Gasteiger partial charge in [-0.25, -0.2) is 9.36 Å². The third kappa shape index (κ3) is 8.80. The zero-order chi connectivity index (χ0) is 41.6. The summed E-state index contributed by atoms with van der Waals surface area (Å²) in [5, 5.41) is 37.7. The van der Waals surface area contributed by atoms with Crippen LogP contribution in [0, 0.1) is 50.4 Å². The van der Waals surface area contributed by atoms with Crippen LogP contribution in [0.25, 0.3) is 11.4 Å². The SMILES string of the molecule is Cc1ccc(-n2nc(C)c(C#N)c2N2CCc3cc(C=O)ccc3C2)cc1.Cc1ccc(-n2nc(C)c(C#N)c2N2CCc3cc(CCCCC(=O)O)ccc3C2)cc1. The Morgan fingerprint density at radius 2 is 1.17 bits per heavy atom. The van der Waals surface area contributed by atoms with Gasteiger partial charge in [0, 0.05) is 38.2 Å². The predicted molar refractivity (Wildman–Crippen MR) is 228 cm³/mol. The second-order valence-corrected chi connectivity index (χ2v) is 15.5. The van der Waals surface area contributed by atoms with Crippen molar-refractivity contribution < 1.29 is 14.7 Å². The van der Waals surface area contributed by atoms with E-state index >= 15 is 0 Å². The van der Waals surface area contributed by atoms with Gasteiger partial charge < -0.3 is 14.9 Å². The van der Waals surface area contributed by atoms with E-state index in [1.54, 1.807) is 0 Å². The van der Waals surface area contributed by atoms with Crippen molar-refractivity contribution in [1.82, 2.24) is 19.6 Å². The first-order valence-corrected chi connectivity index (χ1v) is 20.1. The van der Waals surface area contributed by atoms with E-state index in [9.17, 15) is 20.1 Å². The third-order valence-electron chi connectivity index (χ3n) is 11.2. The Hall–Kier alpha value is -6.98. The number of unbranched alkanes of at least 4 members (excludes halogenated alkanes) is 1. The van der Waals surface area contributed by atoms with Gasteiger partial charge in [0.15, 0.2) is 11.6 Å². The molecule has 298 valence electrons. The lowest BCUT2D eigenvalue weighted by Crippen LogP contribution is -2.32. The van der Waals surface area contributed by atoms with Crippen molar-refractivity contribution in [3.05, 3.63) is 152 Å². The molecule has 4 aromatic carbocycles. The van der Waals surface area contributed by atoms with Crippen molar-refractivity contribution in [2.45, 2.75) is 79.3 Å². The van der Waals surface area contributed by atoms with E-state index in [0.29, 0.717) is 29.7 Å². The van der Waals surface area contributed by atoms with E-state index in [1.807, 2.05) is 65.7 Å². The number of benzene rings is 4. The van der Waals surface area contributed by atoms with E-state index in [4.69, 9.17) is 10.2 Å². The number of aromatic nitrogens is 4. The van der Waals surface area contributed by atoms with Crippen LogP contribution in [0.5, 0.6) is 0 Å². The topological polar surface area (TPSA) is 144 Å². The van der Waals surface area contributed by atoms with E-state index < -0.39 is 5.97 Å². The molecule has 8 rings (SSSR count). The Bertz CT molecular complexity index is 2590. The first-order valence-electron chi connectivity index (χ1n) is 20.1. The number of carboxylic acids is 1. The number of hydrogen-bond acceptors (Lipinski definition) is 8. The zero-order valence-electron chi connectivity index (χ0n) is 34.1. The molecule has 0 unspecified atom stereocenters. The highest BCUT2D eigenvalue weighted by Crippen LogP contribution is 2.33. The molecular weight excluding hydrogens is 737 g/mol. The molecule has 59 heavy (non-hydrogen) atoms. The second kappa shape index (κ2) is 17.7. The highest BCUT2D eigenvalue weighted by atomic mass is 16.4. The van der Waals surface area contributed by atoms with Crippen LogP contribution in [0.1, 0.15) is 91.1 Å². The number of hydrogen-bond donors (Lipinski definition) is 1. The highest BCUT2D eigenvalue weighted by Gasteiger charge is 2.27. The molecular formula is C48H48N8O3. The molecule has 0 saturated heterocycles. The molecule has 11 heteroatoms. The quantitative estimate of drug-likeness (QED) is 0.107. The van der Waals surface area contributed by atoms with Crippen molar-refractivity contribution in [1.29, 1.82) is 10.5 Å². The summed E-state index contributed by atoms with van der Waals surface area (Å²) >= 11 is 0.